The van der Waals surface area contributed by atoms with Gasteiger partial charge in [0.15, 0.2) is 0 Å². The number of hydrogen-bond acceptors (Lipinski definition) is 4. The van der Waals surface area contributed by atoms with Crippen molar-refractivity contribution < 1.29 is 4.79 Å². The number of benzene rings is 2. The first kappa shape index (κ1) is 16.7. The number of aromatic nitrogens is 5. The van der Waals surface area contributed by atoms with Gasteiger partial charge in [0.05, 0.1) is 23.1 Å². The van der Waals surface area contributed by atoms with Crippen LogP contribution in [0.4, 0.5) is 0 Å². The third-order valence-corrected chi connectivity index (χ3v) is 4.17. The van der Waals surface area contributed by atoms with Crippen LogP contribution in [0.3, 0.4) is 0 Å². The Morgan fingerprint density at radius 1 is 0.963 bits per heavy atom. The first-order valence-electron chi connectivity index (χ1n) is 8.62. The molecule has 2 aromatic heterocycles. The molecule has 0 atom stereocenters. The molecule has 134 valence electrons. The summed E-state index contributed by atoms with van der Waals surface area (Å²) in [5.41, 5.74) is 3.32. The molecule has 0 radical (unpaired) electrons. The average Bonchev–Trinajstić information content (AvgIpc) is 3.41. The van der Waals surface area contributed by atoms with E-state index in [0.717, 1.165) is 11.3 Å². The van der Waals surface area contributed by atoms with Gasteiger partial charge in [0.2, 0.25) is 0 Å². The Morgan fingerprint density at radius 3 is 2.59 bits per heavy atom. The van der Waals surface area contributed by atoms with E-state index in [1.54, 1.807) is 17.1 Å². The molecule has 0 aliphatic rings. The standard InChI is InChI=1S/C20H18N6O/c27-20(18-8-4-5-9-19(18)26-15-21-14-24-26)22-11-10-16-12-23-25(13-16)17-6-2-1-3-7-17/h1-9,12-15H,10-11H2,(H,22,27). The molecule has 0 aliphatic carbocycles. The first-order valence-corrected chi connectivity index (χ1v) is 8.62. The van der Waals surface area contributed by atoms with E-state index < -0.39 is 0 Å². The Bertz CT molecular complexity index is 1020. The molecule has 2 aromatic carbocycles. The predicted octanol–water partition coefficient (Wildman–Crippen LogP) is 2.43. The maximum absolute atomic E-state index is 12.6. The lowest BCUT2D eigenvalue weighted by Gasteiger charge is -2.09. The lowest BCUT2D eigenvalue weighted by Crippen LogP contribution is -2.26. The Hall–Kier alpha value is -3.74. The van der Waals surface area contributed by atoms with Gasteiger partial charge in [0, 0.05) is 12.7 Å². The number of rotatable bonds is 6. The van der Waals surface area contributed by atoms with E-state index in [1.807, 2.05) is 65.6 Å². The van der Waals surface area contributed by atoms with E-state index in [9.17, 15) is 4.79 Å². The summed E-state index contributed by atoms with van der Waals surface area (Å²) in [6, 6.07) is 17.2. The topological polar surface area (TPSA) is 77.6 Å². The molecule has 1 amide bonds. The number of carbonyl (C=O) groups is 1. The molecular formula is C20H18N6O. The van der Waals surface area contributed by atoms with Gasteiger partial charge in [-0.05, 0) is 36.2 Å². The Morgan fingerprint density at radius 2 is 1.78 bits per heavy atom. The summed E-state index contributed by atoms with van der Waals surface area (Å²) in [4.78, 5) is 16.5. The van der Waals surface area contributed by atoms with Crippen LogP contribution in [0.2, 0.25) is 0 Å². The molecule has 0 spiro atoms. The van der Waals surface area contributed by atoms with Crippen LogP contribution in [-0.4, -0.2) is 37.0 Å². The highest BCUT2D eigenvalue weighted by Gasteiger charge is 2.12. The third-order valence-electron chi connectivity index (χ3n) is 4.17. The quantitative estimate of drug-likeness (QED) is 0.574. The highest BCUT2D eigenvalue weighted by atomic mass is 16.1. The molecule has 7 nitrogen and oxygen atoms in total. The first-order chi connectivity index (χ1) is 13.3. The highest BCUT2D eigenvalue weighted by molar-refractivity contribution is 5.97. The van der Waals surface area contributed by atoms with E-state index in [0.29, 0.717) is 24.2 Å². The van der Waals surface area contributed by atoms with Crippen molar-refractivity contribution in [1.82, 2.24) is 29.9 Å². The lowest BCUT2D eigenvalue weighted by molar-refractivity contribution is 0.0954. The summed E-state index contributed by atoms with van der Waals surface area (Å²) < 4.78 is 3.41. The maximum atomic E-state index is 12.6. The van der Waals surface area contributed by atoms with Gasteiger partial charge < -0.3 is 5.32 Å². The minimum Gasteiger partial charge on any atom is -0.352 e. The molecule has 1 N–H and O–H groups in total. The number of para-hydroxylation sites is 2. The van der Waals surface area contributed by atoms with Crippen molar-refractivity contribution in [3.05, 3.63) is 90.8 Å². The fourth-order valence-corrected chi connectivity index (χ4v) is 2.82. The molecule has 2 heterocycles. The smallest absolute Gasteiger partial charge is 0.253 e. The van der Waals surface area contributed by atoms with Crippen LogP contribution < -0.4 is 5.32 Å². The average molecular weight is 358 g/mol. The second kappa shape index (κ2) is 7.65. The normalized spacial score (nSPS) is 10.7. The van der Waals surface area contributed by atoms with E-state index in [2.05, 4.69) is 20.5 Å². The zero-order valence-electron chi connectivity index (χ0n) is 14.6. The summed E-state index contributed by atoms with van der Waals surface area (Å²) in [6.45, 7) is 0.519. The molecule has 4 rings (SSSR count). The van der Waals surface area contributed by atoms with Gasteiger partial charge in [-0.25, -0.2) is 14.3 Å². The van der Waals surface area contributed by atoms with Crippen LogP contribution >= 0.6 is 0 Å². The molecule has 0 bridgehead atoms. The summed E-state index contributed by atoms with van der Waals surface area (Å²) in [5, 5.41) is 11.4. The van der Waals surface area contributed by atoms with Crippen LogP contribution in [0, 0.1) is 0 Å². The predicted molar refractivity (Wildman–Crippen MR) is 101 cm³/mol. The highest BCUT2D eigenvalue weighted by Crippen LogP contribution is 2.13. The molecule has 0 aliphatic heterocycles. The van der Waals surface area contributed by atoms with Crippen LogP contribution in [0.15, 0.2) is 79.6 Å². The fourth-order valence-electron chi connectivity index (χ4n) is 2.82. The minimum atomic E-state index is -0.142. The Kier molecular flexibility index (Phi) is 4.74. The van der Waals surface area contributed by atoms with Crippen LogP contribution in [0.5, 0.6) is 0 Å². The molecule has 0 unspecified atom stereocenters. The summed E-state index contributed by atoms with van der Waals surface area (Å²) in [6.07, 6.45) is 7.51. The van der Waals surface area contributed by atoms with Gasteiger partial charge in [-0.3, -0.25) is 4.79 Å². The number of nitrogens with one attached hydrogen (secondary N) is 1. The molecule has 27 heavy (non-hydrogen) atoms. The summed E-state index contributed by atoms with van der Waals surface area (Å²) in [5.74, 6) is -0.142. The SMILES string of the molecule is O=C(NCCc1cnn(-c2ccccc2)c1)c1ccccc1-n1cncn1. The van der Waals surface area contributed by atoms with Gasteiger partial charge in [0.1, 0.15) is 12.7 Å². The zero-order chi connectivity index (χ0) is 18.5. The van der Waals surface area contributed by atoms with Gasteiger partial charge in [-0.2, -0.15) is 10.2 Å². The zero-order valence-corrected chi connectivity index (χ0v) is 14.6. The molecule has 0 saturated heterocycles. The van der Waals surface area contributed by atoms with E-state index >= 15 is 0 Å². The number of hydrogen-bond donors (Lipinski definition) is 1. The van der Waals surface area contributed by atoms with Crippen molar-refractivity contribution in [3.63, 3.8) is 0 Å². The lowest BCUT2D eigenvalue weighted by atomic mass is 10.1. The molecule has 0 fully saturated rings. The van der Waals surface area contributed by atoms with Crippen molar-refractivity contribution >= 4 is 5.91 Å². The summed E-state index contributed by atoms with van der Waals surface area (Å²) in [7, 11) is 0. The Labute approximate surface area is 156 Å². The van der Waals surface area contributed by atoms with Crippen LogP contribution in [0.25, 0.3) is 11.4 Å². The molecule has 0 saturated carbocycles. The van der Waals surface area contributed by atoms with Crippen molar-refractivity contribution in [2.45, 2.75) is 6.42 Å². The second-order valence-corrected chi connectivity index (χ2v) is 5.99. The number of amides is 1. The van der Waals surface area contributed by atoms with Crippen molar-refractivity contribution in [3.8, 4) is 11.4 Å². The number of carbonyl (C=O) groups excluding carboxylic acids is 1. The van der Waals surface area contributed by atoms with Crippen molar-refractivity contribution in [2.24, 2.45) is 0 Å². The van der Waals surface area contributed by atoms with Crippen molar-refractivity contribution in [1.29, 1.82) is 0 Å². The van der Waals surface area contributed by atoms with Gasteiger partial charge in [0.25, 0.3) is 5.91 Å². The molecule has 7 heteroatoms. The van der Waals surface area contributed by atoms with E-state index in [-0.39, 0.29) is 5.91 Å². The van der Waals surface area contributed by atoms with Gasteiger partial charge >= 0.3 is 0 Å². The molecule has 4 aromatic rings. The van der Waals surface area contributed by atoms with Crippen molar-refractivity contribution in [2.75, 3.05) is 6.54 Å². The summed E-state index contributed by atoms with van der Waals surface area (Å²) >= 11 is 0. The second-order valence-electron chi connectivity index (χ2n) is 5.99. The maximum Gasteiger partial charge on any atom is 0.253 e. The van der Waals surface area contributed by atoms with Crippen LogP contribution in [-0.2, 0) is 6.42 Å². The van der Waals surface area contributed by atoms with Crippen LogP contribution in [0.1, 0.15) is 15.9 Å². The van der Waals surface area contributed by atoms with E-state index in [4.69, 9.17) is 0 Å². The third kappa shape index (κ3) is 3.77. The Balaban J connectivity index is 1.39. The number of nitrogens with zero attached hydrogens (tertiary/aromatic N) is 5. The van der Waals surface area contributed by atoms with Gasteiger partial charge in [-0.15, -0.1) is 0 Å². The van der Waals surface area contributed by atoms with Gasteiger partial charge in [-0.1, -0.05) is 30.3 Å². The molecular weight excluding hydrogens is 340 g/mol. The largest absolute Gasteiger partial charge is 0.352 e. The monoisotopic (exact) mass is 358 g/mol. The fraction of sp³-hybridized carbons (Fsp3) is 0.100. The minimum absolute atomic E-state index is 0.142. The van der Waals surface area contributed by atoms with E-state index in [1.165, 1.54) is 6.33 Å².